The lowest BCUT2D eigenvalue weighted by molar-refractivity contribution is -0.119. The lowest BCUT2D eigenvalue weighted by atomic mass is 10.1. The highest BCUT2D eigenvalue weighted by atomic mass is 19.1. The van der Waals surface area contributed by atoms with Crippen molar-refractivity contribution < 1.29 is 18.7 Å². The van der Waals surface area contributed by atoms with Gasteiger partial charge < -0.3 is 19.9 Å². The first kappa shape index (κ1) is 23.5. The summed E-state index contributed by atoms with van der Waals surface area (Å²) in [6.07, 6.45) is 0.739. The molecule has 0 unspecified atom stereocenters. The lowest BCUT2D eigenvalue weighted by Crippen LogP contribution is -2.35. The molecule has 1 aromatic heterocycles. The molecule has 164 valence electrons. The van der Waals surface area contributed by atoms with Gasteiger partial charge in [-0.1, -0.05) is 26.8 Å². The molecule has 0 saturated heterocycles. The Hall–Kier alpha value is -2.74. The molecule has 1 aliphatic heterocycles. The molecule has 0 atom stereocenters. The molecule has 0 bridgehead atoms. The summed E-state index contributed by atoms with van der Waals surface area (Å²) in [5, 5.41) is 4.97. The zero-order valence-electron chi connectivity index (χ0n) is 18.3. The Morgan fingerprint density at radius 3 is 2.63 bits per heavy atom. The van der Waals surface area contributed by atoms with E-state index in [4.69, 9.17) is 4.74 Å². The number of fused-ring (bicyclic) bond motifs is 1. The Bertz CT molecular complexity index is 890. The van der Waals surface area contributed by atoms with Gasteiger partial charge in [0.1, 0.15) is 11.6 Å². The fourth-order valence-electron chi connectivity index (χ4n) is 2.89. The number of rotatable bonds is 4. The minimum Gasteiger partial charge on any atom is -0.375 e. The first-order chi connectivity index (χ1) is 14.2. The van der Waals surface area contributed by atoms with Gasteiger partial charge in [0, 0.05) is 20.2 Å². The predicted octanol–water partition coefficient (Wildman–Crippen LogP) is 3.06. The Balaban J connectivity index is 0.000000735. The third kappa shape index (κ3) is 6.13. The number of nitrogens with one attached hydrogen (secondary N) is 2. The van der Waals surface area contributed by atoms with Crippen molar-refractivity contribution in [3.05, 3.63) is 41.0 Å². The van der Waals surface area contributed by atoms with E-state index in [1.165, 1.54) is 13.1 Å². The highest BCUT2D eigenvalue weighted by Crippen LogP contribution is 2.28. The van der Waals surface area contributed by atoms with E-state index in [0.717, 1.165) is 17.9 Å². The average Bonchev–Trinajstić information content (AvgIpc) is 2.86. The first-order valence-corrected chi connectivity index (χ1v) is 10.2. The molecule has 2 amide bonds. The van der Waals surface area contributed by atoms with Crippen molar-refractivity contribution in [1.82, 2.24) is 20.2 Å². The van der Waals surface area contributed by atoms with Crippen molar-refractivity contribution in [2.45, 2.75) is 47.3 Å². The zero-order chi connectivity index (χ0) is 22.3. The number of benzene rings is 1. The number of amides is 2. The predicted molar refractivity (Wildman–Crippen MR) is 114 cm³/mol. The molecule has 30 heavy (non-hydrogen) atoms. The summed E-state index contributed by atoms with van der Waals surface area (Å²) in [4.78, 5) is 28.3. The van der Waals surface area contributed by atoms with Crippen LogP contribution in [-0.2, 0) is 22.7 Å². The number of carbonyl (C=O) groups excluding carboxylic acids is 2. The van der Waals surface area contributed by atoms with Gasteiger partial charge in [-0.05, 0) is 37.0 Å². The second kappa shape index (κ2) is 10.9. The fraction of sp³-hybridized carbons (Fsp3) is 0.500. The highest BCUT2D eigenvalue weighted by Gasteiger charge is 2.26. The van der Waals surface area contributed by atoms with E-state index >= 15 is 0 Å². The van der Waals surface area contributed by atoms with Gasteiger partial charge in [0.25, 0.3) is 5.91 Å². The van der Waals surface area contributed by atoms with E-state index in [0.29, 0.717) is 30.2 Å². The van der Waals surface area contributed by atoms with Gasteiger partial charge in [-0.2, -0.15) is 0 Å². The van der Waals surface area contributed by atoms with Gasteiger partial charge in [-0.15, -0.1) is 0 Å². The third-order valence-corrected chi connectivity index (χ3v) is 4.25. The summed E-state index contributed by atoms with van der Waals surface area (Å²) in [5.41, 5.74) is 1.89. The summed E-state index contributed by atoms with van der Waals surface area (Å²) in [7, 11) is 1.49. The van der Waals surface area contributed by atoms with E-state index in [2.05, 4.69) is 36.4 Å². The van der Waals surface area contributed by atoms with E-state index < -0.39 is 5.91 Å². The number of imidazole rings is 1. The molecule has 2 aromatic rings. The van der Waals surface area contributed by atoms with Crippen LogP contribution >= 0.6 is 0 Å². The van der Waals surface area contributed by atoms with Gasteiger partial charge in [0.05, 0.1) is 24.4 Å². The highest BCUT2D eigenvalue weighted by molar-refractivity contribution is 5.96. The summed E-state index contributed by atoms with van der Waals surface area (Å²) in [5.74, 6) is 0.0414. The first-order valence-electron chi connectivity index (χ1n) is 10.2. The fourth-order valence-corrected chi connectivity index (χ4v) is 2.89. The summed E-state index contributed by atoms with van der Waals surface area (Å²) >= 11 is 0. The smallest absolute Gasteiger partial charge is 0.272 e. The Kier molecular flexibility index (Phi) is 8.53. The molecule has 0 saturated carbocycles. The Morgan fingerprint density at radius 2 is 2.00 bits per heavy atom. The normalized spacial score (nSPS) is 13.0. The number of nitrogens with zero attached hydrogens (tertiary/aromatic N) is 2. The van der Waals surface area contributed by atoms with Crippen molar-refractivity contribution in [1.29, 1.82) is 0 Å². The molecular formula is C22H31FN4O3. The number of hydrogen-bond donors (Lipinski definition) is 2. The monoisotopic (exact) mass is 418 g/mol. The van der Waals surface area contributed by atoms with Crippen molar-refractivity contribution in [2.24, 2.45) is 5.92 Å². The molecule has 2 heterocycles. The average molecular weight is 419 g/mol. The van der Waals surface area contributed by atoms with E-state index in [-0.39, 0.29) is 30.6 Å². The van der Waals surface area contributed by atoms with Gasteiger partial charge >= 0.3 is 0 Å². The van der Waals surface area contributed by atoms with Gasteiger partial charge in [-0.3, -0.25) is 9.59 Å². The Labute approximate surface area is 177 Å². The second-order valence-electron chi connectivity index (χ2n) is 7.86. The summed E-state index contributed by atoms with van der Waals surface area (Å²) in [6, 6.07) is 4.91. The summed E-state index contributed by atoms with van der Waals surface area (Å²) in [6.45, 7) is 9.49. The third-order valence-electron chi connectivity index (χ3n) is 4.25. The van der Waals surface area contributed by atoms with Crippen LogP contribution in [0.15, 0.2) is 18.2 Å². The minimum atomic E-state index is -0.485. The van der Waals surface area contributed by atoms with Crippen LogP contribution < -0.4 is 10.6 Å². The van der Waals surface area contributed by atoms with Crippen LogP contribution in [-0.4, -0.2) is 41.6 Å². The largest absolute Gasteiger partial charge is 0.375 e. The number of likely N-dealkylation sites (N-methyl/N-ethyl adjacent to an activating group) is 1. The van der Waals surface area contributed by atoms with Gasteiger partial charge in [0.15, 0.2) is 5.69 Å². The minimum absolute atomic E-state index is 0.156. The van der Waals surface area contributed by atoms with Gasteiger partial charge in [-0.25, -0.2) is 9.37 Å². The quantitative estimate of drug-likeness (QED) is 0.799. The van der Waals surface area contributed by atoms with Crippen molar-refractivity contribution >= 4 is 11.8 Å². The second-order valence-corrected chi connectivity index (χ2v) is 7.86. The van der Waals surface area contributed by atoms with E-state index in [1.54, 1.807) is 12.1 Å². The molecule has 0 spiro atoms. The van der Waals surface area contributed by atoms with E-state index in [9.17, 15) is 14.0 Å². The molecular weight excluding hydrogens is 387 g/mol. The van der Waals surface area contributed by atoms with E-state index in [1.807, 2.05) is 11.5 Å². The van der Waals surface area contributed by atoms with Crippen molar-refractivity contribution in [3.63, 3.8) is 0 Å². The number of halogens is 1. The molecule has 2 N–H and O–H groups in total. The molecule has 0 aliphatic carbocycles. The number of carbonyl (C=O) groups is 2. The standard InChI is InChI=1S/C18H21FN4O3.C4H10/c1-11-4-5-12(13(19)8-11)17-22-16(18(25)21-9-15(24)20-2)14-10-26-7-3-6-23(14)17;1-4(2)3/h4-5,8H,3,6-7,9-10H2,1-2H3,(H,20,24)(H,21,25);4H,1-3H3. The van der Waals surface area contributed by atoms with Crippen LogP contribution in [0.25, 0.3) is 11.4 Å². The zero-order valence-corrected chi connectivity index (χ0v) is 18.3. The molecule has 3 rings (SSSR count). The lowest BCUT2D eigenvalue weighted by Gasteiger charge is -2.09. The maximum atomic E-state index is 14.5. The van der Waals surface area contributed by atoms with Crippen LogP contribution in [0.3, 0.4) is 0 Å². The SMILES string of the molecule is CC(C)C.CNC(=O)CNC(=O)c1nc(-c2ccc(C)cc2F)n2c1COCCC2. The molecule has 8 heteroatoms. The van der Waals surface area contributed by atoms with Crippen molar-refractivity contribution in [3.8, 4) is 11.4 Å². The molecule has 0 radical (unpaired) electrons. The maximum absolute atomic E-state index is 14.5. The van der Waals surface area contributed by atoms with Crippen LogP contribution in [0.5, 0.6) is 0 Å². The van der Waals surface area contributed by atoms with Crippen LogP contribution in [0.4, 0.5) is 4.39 Å². The number of ether oxygens (including phenoxy) is 1. The topological polar surface area (TPSA) is 85.3 Å². The van der Waals surface area contributed by atoms with Crippen LogP contribution in [0.2, 0.25) is 0 Å². The van der Waals surface area contributed by atoms with Crippen LogP contribution in [0, 0.1) is 18.7 Å². The molecule has 0 fully saturated rings. The molecule has 1 aromatic carbocycles. The maximum Gasteiger partial charge on any atom is 0.272 e. The molecule has 1 aliphatic rings. The number of aromatic nitrogens is 2. The van der Waals surface area contributed by atoms with Gasteiger partial charge in [0.2, 0.25) is 5.91 Å². The number of hydrogen-bond acceptors (Lipinski definition) is 4. The van der Waals surface area contributed by atoms with Crippen molar-refractivity contribution in [2.75, 3.05) is 20.2 Å². The number of aryl methyl sites for hydroxylation is 1. The molecule has 7 nitrogen and oxygen atoms in total. The van der Waals surface area contributed by atoms with Crippen LogP contribution in [0.1, 0.15) is 48.9 Å². The Morgan fingerprint density at radius 1 is 1.30 bits per heavy atom. The summed E-state index contributed by atoms with van der Waals surface area (Å²) < 4.78 is 21.9.